The molecule has 0 radical (unpaired) electrons. The minimum absolute atomic E-state index is 0.0518. The second kappa shape index (κ2) is 29.9. The summed E-state index contributed by atoms with van der Waals surface area (Å²) in [6.45, 7) is 7.00. The highest BCUT2D eigenvalue weighted by Gasteiger charge is 2.43. The van der Waals surface area contributed by atoms with Crippen molar-refractivity contribution in [1.82, 2.24) is 45.4 Å². The predicted molar refractivity (Wildman–Crippen MR) is 316 cm³/mol. The van der Waals surface area contributed by atoms with E-state index >= 15 is 0 Å². The van der Waals surface area contributed by atoms with Gasteiger partial charge in [0.15, 0.2) is 5.78 Å². The van der Waals surface area contributed by atoms with Crippen LogP contribution < -0.4 is 26.6 Å². The quantitative estimate of drug-likeness (QED) is 0.0502. The number of carbonyl (C=O) groups is 6. The average molecular weight is 1200 g/mol. The fraction of sp³-hybridized carbons (Fsp3) is 0.550. The Labute approximate surface area is 498 Å². The minimum Gasteiger partial charge on any atom is -0.382 e. The van der Waals surface area contributed by atoms with Crippen molar-refractivity contribution < 1.29 is 56.5 Å². The molecule has 0 aliphatic carbocycles. The molecular weight excluding hydrogens is 1120 g/mol. The highest BCUT2D eigenvalue weighted by atomic mass is 32.2. The van der Waals surface area contributed by atoms with E-state index in [1.807, 2.05) is 12.3 Å². The van der Waals surface area contributed by atoms with E-state index in [0.717, 1.165) is 41.1 Å². The Balaban J connectivity index is 0.621. The molecule has 22 nitrogen and oxygen atoms in total. The number of nitrogens with zero attached hydrogens (tertiary/aromatic N) is 8. The molecule has 2 aromatic carbocycles. The third-order valence-corrected chi connectivity index (χ3v) is 17.5. The van der Waals surface area contributed by atoms with E-state index in [1.165, 1.54) is 48.2 Å². The standard InChI is InChI=1S/C60H78F2N12O10S/c1-38(64-2)57(78)68-54(60(80)74-20-5-7-50(74)58-67-48(37-85-58)55(77)40-8-10-42(61)11-9-40)39-14-21-71(22-15-39)53(76)17-25-82-27-29-84-31-30-83-28-26-81-24-16-52(75)65-18-23-72-35-46-41-32-51(56(63)66-34-41)73-19-4-6-49(73)45-33-43(62)12-13-44(45)59(79)70(3)36-47(46)69-72/h8-13,32-35,38-39,48-50,54,64H,4-7,14-31,36-37H2,1-3H3,(H2,63,66)(H,65,75)(H,68,78)/t38-,48?,49-,50-,54-/m1/s1. The molecular formula is C60H78F2N12O10S. The molecule has 9 rings (SSSR count). The van der Waals surface area contributed by atoms with Crippen LogP contribution in [0.1, 0.15) is 96.3 Å². The lowest BCUT2D eigenvalue weighted by Gasteiger charge is -2.38. The molecule has 5 aliphatic rings. The van der Waals surface area contributed by atoms with Crippen LogP contribution in [0.5, 0.6) is 0 Å². The van der Waals surface area contributed by atoms with Gasteiger partial charge in [-0.15, -0.1) is 11.8 Å². The second-order valence-electron chi connectivity index (χ2n) is 22.0. The average Bonchev–Trinajstić information content (AvgIpc) is 3.36. The normalized spacial score (nSPS) is 19.6. The van der Waals surface area contributed by atoms with Gasteiger partial charge in [-0.2, -0.15) is 5.10 Å². The lowest BCUT2D eigenvalue weighted by atomic mass is 9.88. The van der Waals surface area contributed by atoms with Crippen LogP contribution in [0, 0.1) is 17.6 Å². The molecule has 5 atom stereocenters. The Morgan fingerprint density at radius 3 is 2.20 bits per heavy atom. The maximum absolute atomic E-state index is 14.7. The van der Waals surface area contributed by atoms with Crippen molar-refractivity contribution in [2.75, 3.05) is 116 Å². The van der Waals surface area contributed by atoms with Gasteiger partial charge in [-0.25, -0.2) is 13.8 Å². The van der Waals surface area contributed by atoms with Crippen molar-refractivity contribution in [1.29, 1.82) is 0 Å². The number of likely N-dealkylation sites (N-methyl/N-ethyl adjacent to an activating group) is 1. The summed E-state index contributed by atoms with van der Waals surface area (Å²) in [5, 5.41) is 14.4. The summed E-state index contributed by atoms with van der Waals surface area (Å²) in [6.07, 6.45) is 8.00. The first-order valence-corrected chi connectivity index (χ1v) is 30.4. The zero-order valence-corrected chi connectivity index (χ0v) is 49.4. The Morgan fingerprint density at radius 1 is 0.812 bits per heavy atom. The number of ketones is 1. The zero-order chi connectivity index (χ0) is 60.0. The molecule has 85 heavy (non-hydrogen) atoms. The highest BCUT2D eigenvalue weighted by molar-refractivity contribution is 8.14. The van der Waals surface area contributed by atoms with Gasteiger partial charge in [0.05, 0.1) is 107 Å². The van der Waals surface area contributed by atoms with E-state index < -0.39 is 29.8 Å². The van der Waals surface area contributed by atoms with Gasteiger partial charge in [-0.3, -0.25) is 38.4 Å². The monoisotopic (exact) mass is 1200 g/mol. The van der Waals surface area contributed by atoms with Crippen LogP contribution in [-0.4, -0.2) is 199 Å². The third kappa shape index (κ3) is 16.0. The number of Topliss-reactive ketones (excluding diaryl/α,β-unsaturated/α-hetero) is 1. The molecule has 5 amide bonds. The van der Waals surface area contributed by atoms with Crippen molar-refractivity contribution >= 4 is 63.6 Å². The van der Waals surface area contributed by atoms with E-state index in [4.69, 9.17) is 34.8 Å². The van der Waals surface area contributed by atoms with Crippen LogP contribution in [0.15, 0.2) is 65.9 Å². The van der Waals surface area contributed by atoms with Gasteiger partial charge in [0.25, 0.3) is 5.91 Å². The van der Waals surface area contributed by atoms with Crippen molar-refractivity contribution in [2.45, 2.75) is 102 Å². The summed E-state index contributed by atoms with van der Waals surface area (Å²) < 4.78 is 52.5. The Hall–Kier alpha value is -6.90. The maximum atomic E-state index is 14.7. The summed E-state index contributed by atoms with van der Waals surface area (Å²) in [5.74, 6) is -1.40. The SMILES string of the molecule is CN[C@H](C)C(=O)N[C@@H](C(=O)N1CCC[C@@H]1C1=NC(C(=O)c2ccc(F)cc2)CS1)C1CCN(C(=O)CCOCCOCCOCCOCCC(=O)NCCn2cc3c(n2)CN(C)C(=O)c2ccc(F)cc2[C@H]2CCCN2c2cc-3cnc2N)CC1. The maximum Gasteiger partial charge on any atom is 0.254 e. The first kappa shape index (κ1) is 62.6. The smallest absolute Gasteiger partial charge is 0.254 e. The summed E-state index contributed by atoms with van der Waals surface area (Å²) in [7, 11) is 3.39. The molecule has 3 fully saturated rings. The number of pyridine rings is 1. The fourth-order valence-corrected chi connectivity index (χ4v) is 12.7. The number of likely N-dealkylation sites (tertiary alicyclic amines) is 2. The van der Waals surface area contributed by atoms with Crippen LogP contribution in [0.4, 0.5) is 20.3 Å². The van der Waals surface area contributed by atoms with Crippen molar-refractivity contribution in [3.8, 4) is 11.1 Å². The lowest BCUT2D eigenvalue weighted by molar-refractivity contribution is -0.140. The van der Waals surface area contributed by atoms with Crippen LogP contribution in [0.25, 0.3) is 11.1 Å². The number of hydrogen-bond donors (Lipinski definition) is 4. The van der Waals surface area contributed by atoms with E-state index in [2.05, 4.69) is 25.8 Å². The van der Waals surface area contributed by atoms with E-state index in [-0.39, 0.29) is 85.9 Å². The number of nitrogens with two attached hydrogens (primary N) is 1. The molecule has 5 aliphatic heterocycles. The second-order valence-corrected chi connectivity index (χ2v) is 23.0. The lowest BCUT2D eigenvalue weighted by Crippen LogP contribution is -2.58. The Morgan fingerprint density at radius 2 is 1.48 bits per heavy atom. The third-order valence-electron chi connectivity index (χ3n) is 16.3. The van der Waals surface area contributed by atoms with Crippen molar-refractivity contribution in [3.05, 3.63) is 94.9 Å². The number of benzene rings is 2. The molecule has 4 aromatic rings. The number of halogens is 2. The van der Waals surface area contributed by atoms with Crippen LogP contribution in [-0.2, 0) is 51.2 Å². The van der Waals surface area contributed by atoms with Crippen LogP contribution in [0.3, 0.4) is 0 Å². The number of nitrogens with one attached hydrogen (secondary N) is 3. The molecule has 1 unspecified atom stereocenters. The molecule has 5 N–H and O–H groups in total. The number of piperidine rings is 1. The number of hydrogen-bond acceptors (Lipinski definition) is 17. The summed E-state index contributed by atoms with van der Waals surface area (Å²) in [6, 6.07) is 9.21. The topological polar surface area (TPSA) is 257 Å². The van der Waals surface area contributed by atoms with Gasteiger partial charge in [0.1, 0.15) is 29.5 Å². The first-order valence-electron chi connectivity index (χ1n) is 29.4. The minimum atomic E-state index is -0.801. The zero-order valence-electron chi connectivity index (χ0n) is 48.6. The van der Waals surface area contributed by atoms with Gasteiger partial charge in [-0.1, -0.05) is 0 Å². The number of aromatic nitrogens is 3. The van der Waals surface area contributed by atoms with E-state index in [9.17, 15) is 37.5 Å². The van der Waals surface area contributed by atoms with Crippen LogP contribution >= 0.6 is 11.8 Å². The fourth-order valence-electron chi connectivity index (χ4n) is 11.6. The molecule has 0 saturated carbocycles. The number of nitrogen functional groups attached to an aromatic ring is 1. The highest BCUT2D eigenvalue weighted by Crippen LogP contribution is 2.42. The molecule has 0 spiro atoms. The number of fused-ring (bicyclic) bond motifs is 8. The number of thioether (sulfide) groups is 1. The number of aliphatic imine (C=N–C) groups is 1. The van der Waals surface area contributed by atoms with Gasteiger partial charge < -0.3 is 60.2 Å². The number of ether oxygens (including phenoxy) is 4. The molecule has 2 aromatic heterocycles. The van der Waals surface area contributed by atoms with Crippen LogP contribution in [0.2, 0.25) is 0 Å². The first-order chi connectivity index (χ1) is 41.2. The van der Waals surface area contributed by atoms with Crippen molar-refractivity contribution in [3.63, 3.8) is 0 Å². The van der Waals surface area contributed by atoms with Gasteiger partial charge in [0, 0.05) is 86.6 Å². The Kier molecular flexibility index (Phi) is 22.1. The van der Waals surface area contributed by atoms with E-state index in [1.54, 1.807) is 52.7 Å². The molecule has 7 heterocycles. The molecule has 458 valence electrons. The number of rotatable bonds is 26. The largest absolute Gasteiger partial charge is 0.382 e. The van der Waals surface area contributed by atoms with Gasteiger partial charge in [0.2, 0.25) is 23.6 Å². The Bertz CT molecular complexity index is 3040. The summed E-state index contributed by atoms with van der Waals surface area (Å²) in [5.41, 5.74) is 10.8. The van der Waals surface area contributed by atoms with Gasteiger partial charge in [-0.05, 0) is 113 Å². The number of carbonyl (C=O) groups excluding carboxylic acids is 6. The van der Waals surface area contributed by atoms with E-state index in [0.29, 0.717) is 132 Å². The molecule has 25 heteroatoms. The predicted octanol–water partition coefficient (Wildman–Crippen LogP) is 4.41. The number of amides is 5. The summed E-state index contributed by atoms with van der Waals surface area (Å²) >= 11 is 1.46. The number of anilines is 2. The summed E-state index contributed by atoms with van der Waals surface area (Å²) in [4.78, 5) is 97.3. The molecule has 3 saturated heterocycles. The molecule has 2 bridgehead atoms. The van der Waals surface area contributed by atoms with Crippen molar-refractivity contribution in [2.24, 2.45) is 10.9 Å². The van der Waals surface area contributed by atoms with Gasteiger partial charge >= 0.3 is 0 Å².